The van der Waals surface area contributed by atoms with Gasteiger partial charge in [-0.2, -0.15) is 0 Å². The van der Waals surface area contributed by atoms with Crippen LogP contribution in [0.3, 0.4) is 0 Å². The van der Waals surface area contributed by atoms with Crippen molar-refractivity contribution in [1.82, 2.24) is 10.2 Å². The van der Waals surface area contributed by atoms with E-state index in [9.17, 15) is 4.79 Å². The minimum atomic E-state index is -0.122. The van der Waals surface area contributed by atoms with E-state index >= 15 is 0 Å². The van der Waals surface area contributed by atoms with E-state index in [0.717, 1.165) is 19.6 Å². The number of rotatable bonds is 3. The van der Waals surface area contributed by atoms with Crippen LogP contribution < -0.4 is 5.32 Å². The number of hydrogen-bond acceptors (Lipinski definition) is 4. The second-order valence-corrected chi connectivity index (χ2v) is 3.92. The van der Waals surface area contributed by atoms with Gasteiger partial charge in [-0.3, -0.25) is 9.69 Å². The third-order valence-corrected chi connectivity index (χ3v) is 2.81. The Bertz CT molecular complexity index is 197. The van der Waals surface area contributed by atoms with Crippen molar-refractivity contribution in [3.05, 3.63) is 0 Å². The van der Waals surface area contributed by atoms with Crippen LogP contribution in [0.5, 0.6) is 0 Å². The summed E-state index contributed by atoms with van der Waals surface area (Å²) >= 11 is 0. The van der Waals surface area contributed by atoms with Gasteiger partial charge < -0.3 is 10.1 Å². The maximum absolute atomic E-state index is 11.1. The average molecular weight is 200 g/mol. The number of nitrogens with zero attached hydrogens (tertiary/aromatic N) is 1. The number of methoxy groups -OCH3 is 1. The summed E-state index contributed by atoms with van der Waals surface area (Å²) in [7, 11) is 1.44. The SMILES string of the molecule is COC(=O)CC(C)N1CCNC[C@@H]1C. The highest BCUT2D eigenvalue weighted by Crippen LogP contribution is 2.11. The third-order valence-electron chi connectivity index (χ3n) is 2.81. The Morgan fingerprint density at radius 2 is 2.43 bits per heavy atom. The second-order valence-electron chi connectivity index (χ2n) is 3.92. The van der Waals surface area contributed by atoms with Crippen molar-refractivity contribution in [3.63, 3.8) is 0 Å². The second kappa shape index (κ2) is 5.32. The zero-order chi connectivity index (χ0) is 10.6. The Hall–Kier alpha value is -0.610. The van der Waals surface area contributed by atoms with E-state index in [-0.39, 0.29) is 12.0 Å². The van der Waals surface area contributed by atoms with Crippen LogP contribution in [-0.2, 0) is 9.53 Å². The van der Waals surface area contributed by atoms with Gasteiger partial charge in [0.25, 0.3) is 0 Å². The fourth-order valence-electron chi connectivity index (χ4n) is 1.95. The molecule has 4 nitrogen and oxygen atoms in total. The molecule has 0 aromatic heterocycles. The number of piperazine rings is 1. The van der Waals surface area contributed by atoms with Crippen LogP contribution in [0.15, 0.2) is 0 Å². The molecule has 1 saturated heterocycles. The Labute approximate surface area is 85.6 Å². The van der Waals surface area contributed by atoms with E-state index in [4.69, 9.17) is 0 Å². The van der Waals surface area contributed by atoms with Crippen molar-refractivity contribution in [2.24, 2.45) is 0 Å². The molecule has 0 amide bonds. The normalized spacial score (nSPS) is 25.8. The molecule has 0 aliphatic carbocycles. The summed E-state index contributed by atoms with van der Waals surface area (Å²) in [5, 5.41) is 3.33. The van der Waals surface area contributed by atoms with Crippen molar-refractivity contribution in [1.29, 1.82) is 0 Å². The summed E-state index contributed by atoms with van der Waals surface area (Å²) in [5.41, 5.74) is 0. The molecule has 0 bridgehead atoms. The van der Waals surface area contributed by atoms with Gasteiger partial charge in [-0.25, -0.2) is 0 Å². The van der Waals surface area contributed by atoms with Crippen LogP contribution in [-0.4, -0.2) is 49.7 Å². The highest BCUT2D eigenvalue weighted by molar-refractivity contribution is 5.69. The lowest BCUT2D eigenvalue weighted by molar-refractivity contribution is -0.142. The number of carbonyl (C=O) groups excluding carboxylic acids is 1. The number of nitrogens with one attached hydrogen (secondary N) is 1. The molecule has 82 valence electrons. The lowest BCUT2D eigenvalue weighted by Gasteiger charge is -2.38. The summed E-state index contributed by atoms with van der Waals surface area (Å²) in [4.78, 5) is 13.5. The first-order chi connectivity index (χ1) is 6.65. The molecule has 4 heteroatoms. The molecule has 1 N–H and O–H groups in total. The van der Waals surface area contributed by atoms with Crippen LogP contribution in [0.2, 0.25) is 0 Å². The standard InChI is InChI=1S/C10H20N2O2/c1-8(6-10(13)14-3)12-5-4-11-7-9(12)2/h8-9,11H,4-7H2,1-3H3/t8?,9-/m0/s1. The Balaban J connectivity index is 2.41. The van der Waals surface area contributed by atoms with Crippen molar-refractivity contribution < 1.29 is 9.53 Å². The van der Waals surface area contributed by atoms with Crippen LogP contribution in [0, 0.1) is 0 Å². The molecule has 1 fully saturated rings. The largest absolute Gasteiger partial charge is 0.469 e. The lowest BCUT2D eigenvalue weighted by atomic mass is 10.1. The van der Waals surface area contributed by atoms with Crippen molar-refractivity contribution in [2.45, 2.75) is 32.4 Å². The fraction of sp³-hybridized carbons (Fsp3) is 0.900. The molecular weight excluding hydrogens is 180 g/mol. The third kappa shape index (κ3) is 2.96. The van der Waals surface area contributed by atoms with Gasteiger partial charge in [-0.15, -0.1) is 0 Å². The minimum absolute atomic E-state index is 0.122. The van der Waals surface area contributed by atoms with E-state index in [1.807, 2.05) is 0 Å². The Kier molecular flexibility index (Phi) is 4.35. The summed E-state index contributed by atoms with van der Waals surface area (Å²) in [6.45, 7) is 7.29. The highest BCUT2D eigenvalue weighted by atomic mass is 16.5. The molecule has 0 aromatic rings. The molecule has 0 spiro atoms. The fourth-order valence-corrected chi connectivity index (χ4v) is 1.95. The van der Waals surface area contributed by atoms with Crippen LogP contribution in [0.1, 0.15) is 20.3 Å². The zero-order valence-electron chi connectivity index (χ0n) is 9.25. The lowest BCUT2D eigenvalue weighted by Crippen LogP contribution is -2.53. The predicted octanol–water partition coefficient (Wildman–Crippen LogP) is 0.232. The van der Waals surface area contributed by atoms with Crippen molar-refractivity contribution >= 4 is 5.97 Å². The molecule has 0 radical (unpaired) electrons. The monoisotopic (exact) mass is 200 g/mol. The molecular formula is C10H20N2O2. The van der Waals surface area contributed by atoms with E-state index in [1.165, 1.54) is 7.11 Å². The first kappa shape index (κ1) is 11.5. The molecule has 1 unspecified atom stereocenters. The zero-order valence-corrected chi connectivity index (χ0v) is 9.25. The summed E-state index contributed by atoms with van der Waals surface area (Å²) in [6, 6.07) is 0.781. The maximum Gasteiger partial charge on any atom is 0.307 e. The van der Waals surface area contributed by atoms with Gasteiger partial charge in [0.15, 0.2) is 0 Å². The Morgan fingerprint density at radius 1 is 1.71 bits per heavy atom. The molecule has 1 rings (SSSR count). The predicted molar refractivity (Wildman–Crippen MR) is 55.1 cm³/mol. The van der Waals surface area contributed by atoms with Gasteiger partial charge in [-0.05, 0) is 13.8 Å². The minimum Gasteiger partial charge on any atom is -0.469 e. The van der Waals surface area contributed by atoms with E-state index < -0.39 is 0 Å². The number of ether oxygens (including phenoxy) is 1. The summed E-state index contributed by atoms with van der Waals surface area (Å²) < 4.78 is 4.67. The molecule has 1 heterocycles. The van der Waals surface area contributed by atoms with Gasteiger partial charge in [0.2, 0.25) is 0 Å². The number of hydrogen-bond donors (Lipinski definition) is 1. The topological polar surface area (TPSA) is 41.6 Å². The van der Waals surface area contributed by atoms with Gasteiger partial charge in [0, 0.05) is 31.7 Å². The van der Waals surface area contributed by atoms with Crippen LogP contribution in [0.4, 0.5) is 0 Å². The summed E-state index contributed by atoms with van der Waals surface area (Å²) in [6.07, 6.45) is 0.487. The molecule has 1 aliphatic rings. The van der Waals surface area contributed by atoms with Gasteiger partial charge in [0.1, 0.15) is 0 Å². The van der Waals surface area contributed by atoms with Gasteiger partial charge in [0.05, 0.1) is 13.5 Å². The van der Waals surface area contributed by atoms with Crippen LogP contribution >= 0.6 is 0 Å². The molecule has 14 heavy (non-hydrogen) atoms. The quantitative estimate of drug-likeness (QED) is 0.662. The maximum atomic E-state index is 11.1. The van der Waals surface area contributed by atoms with Crippen molar-refractivity contribution in [2.75, 3.05) is 26.7 Å². The number of carbonyl (C=O) groups is 1. The first-order valence-electron chi connectivity index (χ1n) is 5.18. The molecule has 2 atom stereocenters. The van der Waals surface area contributed by atoms with Gasteiger partial charge in [-0.1, -0.05) is 0 Å². The molecule has 0 aromatic carbocycles. The number of esters is 1. The highest BCUT2D eigenvalue weighted by Gasteiger charge is 2.24. The smallest absolute Gasteiger partial charge is 0.307 e. The van der Waals surface area contributed by atoms with E-state index in [2.05, 4.69) is 28.8 Å². The van der Waals surface area contributed by atoms with Crippen LogP contribution in [0.25, 0.3) is 0 Å². The molecule has 0 saturated carbocycles. The van der Waals surface area contributed by atoms with Crippen molar-refractivity contribution in [3.8, 4) is 0 Å². The van der Waals surface area contributed by atoms with Gasteiger partial charge >= 0.3 is 5.97 Å². The Morgan fingerprint density at radius 3 is 3.00 bits per heavy atom. The summed E-state index contributed by atoms with van der Waals surface area (Å²) in [5.74, 6) is -0.122. The first-order valence-corrected chi connectivity index (χ1v) is 5.18. The molecule has 1 aliphatic heterocycles. The van der Waals surface area contributed by atoms with E-state index in [0.29, 0.717) is 12.5 Å². The van der Waals surface area contributed by atoms with E-state index in [1.54, 1.807) is 0 Å². The average Bonchev–Trinajstić information content (AvgIpc) is 2.18.